The largest absolute Gasteiger partial charge is 0.450 e. The summed E-state index contributed by atoms with van der Waals surface area (Å²) in [6, 6.07) is 5.11. The molecular weight excluding hydrogens is 346 g/mol. The zero-order valence-electron chi connectivity index (χ0n) is 14.4. The quantitative estimate of drug-likeness (QED) is 0.781. The molecule has 0 radical (unpaired) electrons. The highest BCUT2D eigenvalue weighted by Gasteiger charge is 2.27. The van der Waals surface area contributed by atoms with Crippen molar-refractivity contribution >= 4 is 34.4 Å². The average Bonchev–Trinajstić information content (AvgIpc) is 2.88. The molecule has 0 saturated carbocycles. The van der Waals surface area contributed by atoms with E-state index in [-0.39, 0.29) is 30.5 Å². The lowest BCUT2D eigenvalue weighted by Crippen LogP contribution is -2.49. The summed E-state index contributed by atoms with van der Waals surface area (Å²) >= 11 is 5.97. The van der Waals surface area contributed by atoms with Crippen molar-refractivity contribution in [1.82, 2.24) is 4.90 Å². The Labute approximate surface area is 150 Å². The Kier molecular flexibility index (Phi) is 5.01. The smallest absolute Gasteiger partial charge is 0.375 e. The summed E-state index contributed by atoms with van der Waals surface area (Å²) in [5, 5.41) is 1.31. The first-order valence-corrected chi connectivity index (χ1v) is 8.52. The lowest BCUT2D eigenvalue weighted by molar-refractivity contribution is -0.146. The molecule has 25 heavy (non-hydrogen) atoms. The van der Waals surface area contributed by atoms with E-state index in [0.717, 1.165) is 5.39 Å². The minimum atomic E-state index is -0.660. The Morgan fingerprint density at radius 3 is 2.64 bits per heavy atom. The number of hydrogen-bond acceptors (Lipinski definition) is 5. The van der Waals surface area contributed by atoms with E-state index in [4.69, 9.17) is 25.5 Å². The molecule has 2 aromatic rings. The molecule has 1 fully saturated rings. The number of esters is 1. The molecule has 0 bridgehead atoms. The number of aryl methyl sites for hydroxylation is 1. The van der Waals surface area contributed by atoms with E-state index in [1.54, 1.807) is 30.0 Å². The van der Waals surface area contributed by atoms with Gasteiger partial charge >= 0.3 is 5.97 Å². The van der Waals surface area contributed by atoms with Crippen molar-refractivity contribution < 1.29 is 23.5 Å². The molecule has 1 aromatic carbocycles. The number of furan rings is 1. The molecule has 0 aliphatic carbocycles. The number of nitrogens with zero attached hydrogens (tertiary/aromatic N) is 1. The summed E-state index contributed by atoms with van der Waals surface area (Å²) in [5.74, 6) is -0.812. The van der Waals surface area contributed by atoms with Crippen molar-refractivity contribution in [3.8, 4) is 0 Å². The van der Waals surface area contributed by atoms with Gasteiger partial charge in [-0.3, -0.25) is 4.79 Å². The van der Waals surface area contributed by atoms with Gasteiger partial charge in [-0.15, -0.1) is 0 Å². The Hall–Kier alpha value is -2.05. The van der Waals surface area contributed by atoms with Gasteiger partial charge in [0, 0.05) is 29.1 Å². The number of carbonyl (C=O) groups is 2. The topological polar surface area (TPSA) is 69.0 Å². The first-order chi connectivity index (χ1) is 11.8. The van der Waals surface area contributed by atoms with Gasteiger partial charge in [-0.2, -0.15) is 0 Å². The zero-order valence-corrected chi connectivity index (χ0v) is 15.1. The van der Waals surface area contributed by atoms with Crippen LogP contribution < -0.4 is 0 Å². The number of amides is 1. The molecule has 7 heteroatoms. The molecule has 1 saturated heterocycles. The van der Waals surface area contributed by atoms with Gasteiger partial charge in [0.05, 0.1) is 12.2 Å². The zero-order chi connectivity index (χ0) is 18.1. The van der Waals surface area contributed by atoms with Crippen molar-refractivity contribution in [3.63, 3.8) is 0 Å². The van der Waals surface area contributed by atoms with E-state index in [9.17, 15) is 9.59 Å². The number of halogens is 1. The van der Waals surface area contributed by atoms with Crippen molar-refractivity contribution in [2.45, 2.75) is 33.0 Å². The molecule has 6 nitrogen and oxygen atoms in total. The van der Waals surface area contributed by atoms with Crippen LogP contribution in [0.5, 0.6) is 0 Å². The highest BCUT2D eigenvalue weighted by Crippen LogP contribution is 2.28. The van der Waals surface area contributed by atoms with E-state index in [2.05, 4.69) is 0 Å². The third-order valence-corrected chi connectivity index (χ3v) is 4.42. The SMILES string of the molecule is Cc1c(C(=O)OCC(=O)N2C[C@@H](C)O[C@@H](C)C2)oc2ccc(Cl)cc12. The second-order valence-corrected chi connectivity index (χ2v) is 6.77. The third kappa shape index (κ3) is 3.80. The van der Waals surface area contributed by atoms with E-state index in [0.29, 0.717) is 29.3 Å². The molecule has 0 N–H and O–H groups in total. The second-order valence-electron chi connectivity index (χ2n) is 6.33. The molecule has 1 aromatic heterocycles. The van der Waals surface area contributed by atoms with Crippen molar-refractivity contribution in [2.75, 3.05) is 19.7 Å². The van der Waals surface area contributed by atoms with Crippen LogP contribution in [-0.2, 0) is 14.3 Å². The van der Waals surface area contributed by atoms with Gasteiger partial charge in [0.15, 0.2) is 6.61 Å². The Bertz CT molecular complexity index is 805. The summed E-state index contributed by atoms with van der Waals surface area (Å²) in [7, 11) is 0. The highest BCUT2D eigenvalue weighted by atomic mass is 35.5. The molecule has 2 heterocycles. The van der Waals surface area contributed by atoms with Crippen LogP contribution in [0, 0.1) is 6.92 Å². The number of ether oxygens (including phenoxy) is 2. The molecule has 0 unspecified atom stereocenters. The van der Waals surface area contributed by atoms with E-state index < -0.39 is 5.97 Å². The molecule has 0 spiro atoms. The summed E-state index contributed by atoms with van der Waals surface area (Å²) in [5.41, 5.74) is 1.19. The maximum atomic E-state index is 12.3. The van der Waals surface area contributed by atoms with E-state index in [1.807, 2.05) is 13.8 Å². The monoisotopic (exact) mass is 365 g/mol. The molecule has 2 atom stereocenters. The van der Waals surface area contributed by atoms with Gasteiger partial charge in [-0.25, -0.2) is 4.79 Å². The van der Waals surface area contributed by atoms with Crippen molar-refractivity contribution in [2.24, 2.45) is 0 Å². The van der Waals surface area contributed by atoms with Crippen LogP contribution in [0.25, 0.3) is 11.0 Å². The van der Waals surface area contributed by atoms with Crippen LogP contribution >= 0.6 is 11.6 Å². The number of benzene rings is 1. The van der Waals surface area contributed by atoms with Crippen LogP contribution in [0.15, 0.2) is 22.6 Å². The lowest BCUT2D eigenvalue weighted by atomic mass is 10.1. The number of rotatable bonds is 3. The summed E-state index contributed by atoms with van der Waals surface area (Å²) in [6.45, 7) is 6.23. The minimum Gasteiger partial charge on any atom is -0.450 e. The fraction of sp³-hybridized carbons (Fsp3) is 0.444. The fourth-order valence-electron chi connectivity index (χ4n) is 3.05. The number of carbonyl (C=O) groups excluding carboxylic acids is 2. The number of fused-ring (bicyclic) bond motifs is 1. The maximum absolute atomic E-state index is 12.3. The Morgan fingerprint density at radius 1 is 1.28 bits per heavy atom. The standard InChI is InChI=1S/C18H20ClNO5/c1-10-7-20(8-11(2)24-10)16(21)9-23-18(22)17-12(3)14-6-13(19)4-5-15(14)25-17/h4-6,10-11H,7-9H2,1-3H3/t10-,11+. The third-order valence-electron chi connectivity index (χ3n) is 4.18. The molecule has 1 aliphatic rings. The number of morpholine rings is 1. The predicted molar refractivity (Wildman–Crippen MR) is 92.8 cm³/mol. The molecular formula is C18H20ClNO5. The molecule has 134 valence electrons. The fourth-order valence-corrected chi connectivity index (χ4v) is 3.23. The van der Waals surface area contributed by atoms with Crippen LogP contribution in [0.3, 0.4) is 0 Å². The van der Waals surface area contributed by atoms with Gasteiger partial charge in [0.1, 0.15) is 5.58 Å². The van der Waals surface area contributed by atoms with Crippen molar-refractivity contribution in [1.29, 1.82) is 0 Å². The van der Waals surface area contributed by atoms with Crippen LogP contribution in [0.4, 0.5) is 0 Å². The van der Waals surface area contributed by atoms with Crippen LogP contribution in [0.1, 0.15) is 30.0 Å². The maximum Gasteiger partial charge on any atom is 0.375 e. The summed E-state index contributed by atoms with van der Waals surface area (Å²) in [4.78, 5) is 26.2. The molecule has 1 aliphatic heterocycles. The van der Waals surface area contributed by atoms with Gasteiger partial charge in [0.25, 0.3) is 5.91 Å². The van der Waals surface area contributed by atoms with Crippen LogP contribution in [-0.4, -0.2) is 48.7 Å². The molecule has 1 amide bonds. The first kappa shape index (κ1) is 17.8. The first-order valence-electron chi connectivity index (χ1n) is 8.14. The Balaban J connectivity index is 1.66. The minimum absolute atomic E-state index is 0.0363. The molecule has 3 rings (SSSR count). The van der Waals surface area contributed by atoms with Gasteiger partial charge in [-0.05, 0) is 39.0 Å². The van der Waals surface area contributed by atoms with Crippen LogP contribution in [0.2, 0.25) is 5.02 Å². The Morgan fingerprint density at radius 2 is 1.96 bits per heavy atom. The van der Waals surface area contributed by atoms with Gasteiger partial charge in [-0.1, -0.05) is 11.6 Å². The summed E-state index contributed by atoms with van der Waals surface area (Å²) in [6.07, 6.45) is -0.0727. The highest BCUT2D eigenvalue weighted by molar-refractivity contribution is 6.31. The summed E-state index contributed by atoms with van der Waals surface area (Å²) < 4.78 is 16.3. The van der Waals surface area contributed by atoms with E-state index >= 15 is 0 Å². The van der Waals surface area contributed by atoms with Crippen molar-refractivity contribution in [3.05, 3.63) is 34.5 Å². The normalized spacial score (nSPS) is 20.7. The number of hydrogen-bond donors (Lipinski definition) is 0. The predicted octanol–water partition coefficient (Wildman–Crippen LogP) is 3.19. The second kappa shape index (κ2) is 7.06. The lowest BCUT2D eigenvalue weighted by Gasteiger charge is -2.35. The van der Waals surface area contributed by atoms with E-state index in [1.165, 1.54) is 0 Å². The van der Waals surface area contributed by atoms with Gasteiger partial charge < -0.3 is 18.8 Å². The average molecular weight is 366 g/mol. The van der Waals surface area contributed by atoms with Gasteiger partial charge in [0.2, 0.25) is 5.76 Å².